The van der Waals surface area contributed by atoms with Crippen molar-refractivity contribution in [2.45, 2.75) is 20.0 Å². The summed E-state index contributed by atoms with van der Waals surface area (Å²) in [6.07, 6.45) is 4.30. The van der Waals surface area contributed by atoms with Crippen LogP contribution < -0.4 is 10.3 Å². The van der Waals surface area contributed by atoms with E-state index in [9.17, 15) is 4.79 Å². The van der Waals surface area contributed by atoms with E-state index in [0.717, 1.165) is 17.7 Å². The van der Waals surface area contributed by atoms with Gasteiger partial charge in [-0.3, -0.25) is 9.78 Å². The normalized spacial score (nSPS) is 11.0. The van der Waals surface area contributed by atoms with Crippen molar-refractivity contribution < 1.29 is 4.74 Å². The topological polar surface area (TPSA) is 85.2 Å². The number of nitrogens with zero attached hydrogens (tertiary/aromatic N) is 4. The van der Waals surface area contributed by atoms with Gasteiger partial charge < -0.3 is 9.72 Å². The van der Waals surface area contributed by atoms with E-state index in [4.69, 9.17) is 4.74 Å². The van der Waals surface area contributed by atoms with Gasteiger partial charge in [-0.15, -0.1) is 5.10 Å². The minimum atomic E-state index is -0.258. The molecule has 7 heteroatoms. The standard InChI is InChI=1S/C19H17N5O2/c1-2-13-3-5-16(6-4-13)26-12-15-11-17(25)24-19(21-15)22-18(23-24)14-7-9-20-10-8-14/h3-11H,2,12H2,1H3,(H,21,22,23). The number of aromatic amines is 1. The quantitative estimate of drug-likeness (QED) is 0.600. The van der Waals surface area contributed by atoms with E-state index >= 15 is 0 Å². The molecular formula is C19H17N5O2. The van der Waals surface area contributed by atoms with Gasteiger partial charge in [-0.1, -0.05) is 19.1 Å². The molecule has 0 unspecified atom stereocenters. The third-order valence-corrected chi connectivity index (χ3v) is 4.05. The molecule has 0 radical (unpaired) electrons. The third-order valence-electron chi connectivity index (χ3n) is 4.05. The van der Waals surface area contributed by atoms with Crippen LogP contribution in [-0.4, -0.2) is 24.6 Å². The van der Waals surface area contributed by atoms with Crippen LogP contribution in [0, 0.1) is 0 Å². The highest BCUT2D eigenvalue weighted by molar-refractivity contribution is 5.55. The Morgan fingerprint density at radius 2 is 1.88 bits per heavy atom. The van der Waals surface area contributed by atoms with Gasteiger partial charge in [-0.2, -0.15) is 9.50 Å². The number of H-pyrrole nitrogens is 1. The van der Waals surface area contributed by atoms with Crippen LogP contribution in [-0.2, 0) is 13.0 Å². The van der Waals surface area contributed by atoms with Gasteiger partial charge in [0.25, 0.3) is 5.56 Å². The number of fused-ring (bicyclic) bond motifs is 1. The minimum absolute atomic E-state index is 0.245. The summed E-state index contributed by atoms with van der Waals surface area (Å²) in [6.45, 7) is 2.35. The molecule has 1 aromatic carbocycles. The third kappa shape index (κ3) is 3.19. The first kappa shape index (κ1) is 16.0. The van der Waals surface area contributed by atoms with Crippen molar-refractivity contribution in [2.24, 2.45) is 0 Å². The van der Waals surface area contributed by atoms with Gasteiger partial charge in [0.2, 0.25) is 5.78 Å². The summed E-state index contributed by atoms with van der Waals surface area (Å²) >= 11 is 0. The molecule has 0 bridgehead atoms. The van der Waals surface area contributed by atoms with Crippen LogP contribution in [0.2, 0.25) is 0 Å². The lowest BCUT2D eigenvalue weighted by Gasteiger charge is -2.07. The molecule has 0 amide bonds. The summed E-state index contributed by atoms with van der Waals surface area (Å²) in [5.74, 6) is 1.60. The van der Waals surface area contributed by atoms with Crippen molar-refractivity contribution in [2.75, 3.05) is 0 Å². The molecule has 0 aliphatic heterocycles. The number of hydrogen-bond donors (Lipinski definition) is 1. The summed E-state index contributed by atoms with van der Waals surface area (Å²) in [6, 6.07) is 13.0. The van der Waals surface area contributed by atoms with Crippen LogP contribution in [0.25, 0.3) is 17.2 Å². The zero-order valence-corrected chi connectivity index (χ0v) is 14.2. The molecule has 26 heavy (non-hydrogen) atoms. The molecule has 7 nitrogen and oxygen atoms in total. The number of aryl methyl sites for hydroxylation is 1. The fraction of sp³-hybridized carbons (Fsp3) is 0.158. The number of pyridine rings is 1. The Morgan fingerprint density at radius 1 is 1.12 bits per heavy atom. The van der Waals surface area contributed by atoms with Crippen LogP contribution in [0.5, 0.6) is 5.75 Å². The highest BCUT2D eigenvalue weighted by Crippen LogP contribution is 2.15. The first-order valence-corrected chi connectivity index (χ1v) is 8.34. The van der Waals surface area contributed by atoms with Crippen molar-refractivity contribution >= 4 is 5.78 Å². The van der Waals surface area contributed by atoms with E-state index in [2.05, 4.69) is 27.0 Å². The van der Waals surface area contributed by atoms with Gasteiger partial charge in [0, 0.05) is 24.0 Å². The summed E-state index contributed by atoms with van der Waals surface area (Å²) < 4.78 is 7.00. The minimum Gasteiger partial charge on any atom is -0.487 e. The van der Waals surface area contributed by atoms with E-state index in [-0.39, 0.29) is 12.2 Å². The van der Waals surface area contributed by atoms with Crippen LogP contribution in [0.4, 0.5) is 0 Å². The van der Waals surface area contributed by atoms with Crippen molar-refractivity contribution in [3.05, 3.63) is 76.5 Å². The van der Waals surface area contributed by atoms with Crippen molar-refractivity contribution in [3.63, 3.8) is 0 Å². The lowest BCUT2D eigenvalue weighted by Crippen LogP contribution is -2.16. The fourth-order valence-corrected chi connectivity index (χ4v) is 2.62. The largest absolute Gasteiger partial charge is 0.487 e. The van der Waals surface area contributed by atoms with E-state index in [1.165, 1.54) is 16.1 Å². The van der Waals surface area contributed by atoms with Crippen LogP contribution >= 0.6 is 0 Å². The molecule has 0 aliphatic carbocycles. The molecule has 0 fully saturated rings. The van der Waals surface area contributed by atoms with Gasteiger partial charge >= 0.3 is 0 Å². The Hall–Kier alpha value is -3.48. The molecule has 0 spiro atoms. The second-order valence-electron chi connectivity index (χ2n) is 5.83. The Labute approximate surface area is 149 Å². The second-order valence-corrected chi connectivity index (χ2v) is 5.83. The molecule has 4 rings (SSSR count). The van der Waals surface area contributed by atoms with E-state index in [1.54, 1.807) is 24.5 Å². The highest BCUT2D eigenvalue weighted by Gasteiger charge is 2.10. The summed E-state index contributed by atoms with van der Waals surface area (Å²) in [5.41, 5.74) is 2.42. The maximum atomic E-state index is 12.3. The molecule has 0 saturated heterocycles. The number of ether oxygens (including phenoxy) is 1. The van der Waals surface area contributed by atoms with Gasteiger partial charge in [-0.05, 0) is 36.2 Å². The van der Waals surface area contributed by atoms with Gasteiger partial charge in [0.1, 0.15) is 12.4 Å². The predicted octanol–water partition coefficient (Wildman–Crippen LogP) is 2.62. The van der Waals surface area contributed by atoms with E-state index in [0.29, 0.717) is 17.3 Å². The highest BCUT2D eigenvalue weighted by atomic mass is 16.5. The molecule has 0 aliphatic rings. The fourth-order valence-electron chi connectivity index (χ4n) is 2.62. The lowest BCUT2D eigenvalue weighted by molar-refractivity contribution is 0.301. The summed E-state index contributed by atoms with van der Waals surface area (Å²) in [7, 11) is 0. The molecule has 130 valence electrons. The number of benzene rings is 1. The first-order valence-electron chi connectivity index (χ1n) is 8.34. The number of aromatic nitrogens is 5. The SMILES string of the molecule is CCc1ccc(OCc2cc(=O)n3nc(-c4ccncc4)nc3[nH]2)cc1. The zero-order valence-electron chi connectivity index (χ0n) is 14.2. The molecule has 4 aromatic rings. The van der Waals surface area contributed by atoms with Crippen LogP contribution in [0.3, 0.4) is 0 Å². The average molecular weight is 347 g/mol. The smallest absolute Gasteiger partial charge is 0.276 e. The Morgan fingerprint density at radius 3 is 2.62 bits per heavy atom. The molecule has 3 aromatic heterocycles. The maximum absolute atomic E-state index is 12.3. The van der Waals surface area contributed by atoms with Crippen LogP contribution in [0.15, 0.2) is 59.7 Å². The van der Waals surface area contributed by atoms with E-state index < -0.39 is 0 Å². The summed E-state index contributed by atoms with van der Waals surface area (Å²) in [4.78, 5) is 23.8. The van der Waals surface area contributed by atoms with Crippen molar-refractivity contribution in [1.29, 1.82) is 0 Å². The van der Waals surface area contributed by atoms with E-state index in [1.807, 2.05) is 24.3 Å². The first-order chi connectivity index (χ1) is 12.7. The van der Waals surface area contributed by atoms with Crippen LogP contribution in [0.1, 0.15) is 18.2 Å². The maximum Gasteiger partial charge on any atom is 0.276 e. The zero-order chi connectivity index (χ0) is 17.9. The molecule has 3 heterocycles. The number of nitrogens with one attached hydrogen (secondary N) is 1. The Kier molecular flexibility index (Phi) is 4.18. The Bertz CT molecular complexity index is 1080. The molecule has 1 N–H and O–H groups in total. The number of rotatable bonds is 5. The monoisotopic (exact) mass is 347 g/mol. The molecule has 0 saturated carbocycles. The van der Waals surface area contributed by atoms with Gasteiger partial charge in [-0.25, -0.2) is 0 Å². The van der Waals surface area contributed by atoms with Crippen molar-refractivity contribution in [1.82, 2.24) is 24.6 Å². The average Bonchev–Trinajstić information content (AvgIpc) is 3.12. The van der Waals surface area contributed by atoms with Crippen molar-refractivity contribution in [3.8, 4) is 17.1 Å². The predicted molar refractivity (Wildman–Crippen MR) is 97.0 cm³/mol. The molecular weight excluding hydrogens is 330 g/mol. The Balaban J connectivity index is 1.59. The second kappa shape index (κ2) is 6.79. The van der Waals surface area contributed by atoms with Gasteiger partial charge in [0.15, 0.2) is 5.82 Å². The van der Waals surface area contributed by atoms with Gasteiger partial charge in [0.05, 0.1) is 5.69 Å². The lowest BCUT2D eigenvalue weighted by atomic mass is 10.2. The number of hydrogen-bond acceptors (Lipinski definition) is 5. The summed E-state index contributed by atoms with van der Waals surface area (Å²) in [5, 5.41) is 4.25. The molecule has 0 atom stereocenters.